The summed E-state index contributed by atoms with van der Waals surface area (Å²) in [5.74, 6) is -0.431. The summed E-state index contributed by atoms with van der Waals surface area (Å²) in [6.07, 6.45) is 6.02. The Morgan fingerprint density at radius 2 is 1.42 bits per heavy atom. The lowest BCUT2D eigenvalue weighted by atomic mass is 10.1. The van der Waals surface area contributed by atoms with Crippen molar-refractivity contribution in [1.82, 2.24) is 0 Å². The van der Waals surface area contributed by atoms with Gasteiger partial charge >= 0.3 is 5.97 Å². The van der Waals surface area contributed by atoms with Crippen molar-refractivity contribution in [3.8, 4) is 0 Å². The molecule has 0 bridgehead atoms. The van der Waals surface area contributed by atoms with Crippen LogP contribution >= 0.6 is 0 Å². The zero-order chi connectivity index (χ0) is 14.5. The van der Waals surface area contributed by atoms with Crippen molar-refractivity contribution in [2.24, 2.45) is 0 Å². The highest BCUT2D eigenvalue weighted by Gasteiger charge is 1.98. The van der Waals surface area contributed by atoms with Gasteiger partial charge in [-0.1, -0.05) is 44.9 Å². The molecular weight excluding hydrogens is 240 g/mol. The molecule has 1 aromatic carbocycles. The van der Waals surface area contributed by atoms with Crippen molar-refractivity contribution in [1.29, 1.82) is 0 Å². The molecule has 0 saturated carbocycles. The molecule has 1 aromatic rings. The molecule has 0 heterocycles. The van der Waals surface area contributed by atoms with Crippen LogP contribution in [-0.4, -0.2) is 16.9 Å². The summed E-state index contributed by atoms with van der Waals surface area (Å²) in [4.78, 5) is 21.2. The fraction of sp³-hybridized carbons (Fsp3) is 0.500. The Morgan fingerprint density at radius 3 is 1.74 bits per heavy atom. The fourth-order valence-electron chi connectivity index (χ4n) is 1.45. The number of rotatable bonds is 7. The van der Waals surface area contributed by atoms with Gasteiger partial charge in [-0.15, -0.1) is 0 Å². The molecular formula is C16H24O3. The maximum absolute atomic E-state index is 11.0. The van der Waals surface area contributed by atoms with Gasteiger partial charge < -0.3 is 5.11 Å². The lowest BCUT2D eigenvalue weighted by Gasteiger charge is -1.96. The van der Waals surface area contributed by atoms with Gasteiger partial charge in [0.05, 0.1) is 5.56 Å². The molecule has 0 atom stereocenters. The van der Waals surface area contributed by atoms with Crippen LogP contribution in [0.3, 0.4) is 0 Å². The summed E-state index contributed by atoms with van der Waals surface area (Å²) in [5.41, 5.74) is 0.331. The van der Waals surface area contributed by atoms with Crippen LogP contribution in [0.2, 0.25) is 0 Å². The number of hydrogen-bond acceptors (Lipinski definition) is 2. The molecule has 0 radical (unpaired) electrons. The van der Waals surface area contributed by atoms with E-state index in [4.69, 9.17) is 5.11 Å². The minimum absolute atomic E-state index is 0.331. The molecule has 0 aliphatic carbocycles. The molecule has 0 amide bonds. The number of carboxylic acid groups (broad SMARTS) is 1. The van der Waals surface area contributed by atoms with Crippen LogP contribution in [-0.2, 0) is 4.79 Å². The summed E-state index contributed by atoms with van der Waals surface area (Å²) in [7, 11) is 0. The molecule has 3 nitrogen and oxygen atoms in total. The second kappa shape index (κ2) is 11.5. The highest BCUT2D eigenvalue weighted by Crippen LogP contribution is 2.02. The van der Waals surface area contributed by atoms with E-state index in [1.165, 1.54) is 0 Å². The molecule has 1 rings (SSSR count). The first-order valence-electron chi connectivity index (χ1n) is 6.91. The third-order valence-electron chi connectivity index (χ3n) is 2.64. The number of hydrogen-bond donors (Lipinski definition) is 1. The largest absolute Gasteiger partial charge is 0.478 e. The number of ketones is 1. The minimum Gasteiger partial charge on any atom is -0.478 e. The number of unbranched alkanes of at least 4 members (excludes halogenated alkanes) is 2. The van der Waals surface area contributed by atoms with Crippen LogP contribution in [0.25, 0.3) is 0 Å². The van der Waals surface area contributed by atoms with Gasteiger partial charge in [-0.3, -0.25) is 4.79 Å². The van der Waals surface area contributed by atoms with E-state index >= 15 is 0 Å². The first kappa shape index (κ1) is 17.4. The maximum atomic E-state index is 11.0. The van der Waals surface area contributed by atoms with Gasteiger partial charge in [-0.2, -0.15) is 0 Å². The number of carboxylic acids is 1. The average molecular weight is 264 g/mol. The topological polar surface area (TPSA) is 54.4 Å². The van der Waals surface area contributed by atoms with Gasteiger partial charge in [-0.25, -0.2) is 4.79 Å². The Balaban J connectivity index is 0.000000342. The van der Waals surface area contributed by atoms with Gasteiger partial charge in [0.15, 0.2) is 0 Å². The van der Waals surface area contributed by atoms with Crippen molar-refractivity contribution in [2.45, 2.75) is 52.4 Å². The SMILES string of the molecule is CCCCC(=O)CCCC.O=C(O)c1ccccc1. The van der Waals surface area contributed by atoms with Gasteiger partial charge in [0.1, 0.15) is 5.78 Å². The van der Waals surface area contributed by atoms with Crippen LogP contribution in [0.4, 0.5) is 0 Å². The third-order valence-corrected chi connectivity index (χ3v) is 2.64. The smallest absolute Gasteiger partial charge is 0.335 e. The van der Waals surface area contributed by atoms with E-state index in [2.05, 4.69) is 13.8 Å². The average Bonchev–Trinajstić information content (AvgIpc) is 2.44. The number of benzene rings is 1. The Morgan fingerprint density at radius 1 is 0.947 bits per heavy atom. The summed E-state index contributed by atoms with van der Waals surface area (Å²) < 4.78 is 0. The van der Waals surface area contributed by atoms with E-state index in [-0.39, 0.29) is 0 Å². The first-order chi connectivity index (χ1) is 9.11. The second-order valence-corrected chi connectivity index (χ2v) is 4.42. The van der Waals surface area contributed by atoms with Crippen LogP contribution in [0.5, 0.6) is 0 Å². The Labute approximate surface area is 115 Å². The summed E-state index contributed by atoms with van der Waals surface area (Å²) in [6.45, 7) is 4.24. The number of Topliss-reactive ketones (excluding diaryl/α,β-unsaturated/α-hetero) is 1. The van der Waals surface area contributed by atoms with Gasteiger partial charge in [0.25, 0.3) is 0 Å². The molecule has 0 spiro atoms. The zero-order valence-corrected chi connectivity index (χ0v) is 11.9. The van der Waals surface area contributed by atoms with Crippen molar-refractivity contribution in [2.75, 3.05) is 0 Å². The number of carbonyl (C=O) groups excluding carboxylic acids is 1. The molecule has 0 saturated heterocycles. The van der Waals surface area contributed by atoms with Crippen molar-refractivity contribution < 1.29 is 14.7 Å². The Hall–Kier alpha value is -1.64. The summed E-state index contributed by atoms with van der Waals surface area (Å²) in [6, 6.07) is 8.30. The van der Waals surface area contributed by atoms with E-state index in [9.17, 15) is 9.59 Å². The molecule has 0 aliphatic heterocycles. The second-order valence-electron chi connectivity index (χ2n) is 4.42. The van der Waals surface area contributed by atoms with Gasteiger partial charge in [0, 0.05) is 12.8 Å². The molecule has 0 aliphatic rings. The quantitative estimate of drug-likeness (QED) is 0.797. The first-order valence-corrected chi connectivity index (χ1v) is 6.91. The summed E-state index contributed by atoms with van der Waals surface area (Å²) >= 11 is 0. The van der Waals surface area contributed by atoms with Crippen LogP contribution in [0.1, 0.15) is 62.7 Å². The lowest BCUT2D eigenvalue weighted by Crippen LogP contribution is -1.96. The standard InChI is InChI=1S/C9H18O.C7H6O2/c1-3-5-7-9(10)8-6-4-2;8-7(9)6-4-2-1-3-5-6/h3-8H2,1-2H3;1-5H,(H,8,9). The molecule has 0 fully saturated rings. The normalized spacial score (nSPS) is 9.37. The van der Waals surface area contributed by atoms with E-state index in [1.807, 2.05) is 0 Å². The predicted octanol–water partition coefficient (Wildman–Crippen LogP) is 4.32. The summed E-state index contributed by atoms with van der Waals surface area (Å²) in [5, 5.41) is 8.38. The van der Waals surface area contributed by atoms with Crippen molar-refractivity contribution in [3.05, 3.63) is 35.9 Å². The molecule has 19 heavy (non-hydrogen) atoms. The van der Waals surface area contributed by atoms with Crippen LogP contribution in [0, 0.1) is 0 Å². The Bertz CT molecular complexity index is 348. The van der Waals surface area contributed by atoms with Crippen LogP contribution in [0.15, 0.2) is 30.3 Å². The predicted molar refractivity (Wildman–Crippen MR) is 77.5 cm³/mol. The number of aromatic carboxylic acids is 1. The highest BCUT2D eigenvalue weighted by molar-refractivity contribution is 5.87. The van der Waals surface area contributed by atoms with E-state index in [1.54, 1.807) is 30.3 Å². The molecule has 106 valence electrons. The monoisotopic (exact) mass is 264 g/mol. The lowest BCUT2D eigenvalue weighted by molar-refractivity contribution is -0.119. The Kier molecular flexibility index (Phi) is 10.5. The zero-order valence-electron chi connectivity index (χ0n) is 11.9. The number of carbonyl (C=O) groups is 2. The van der Waals surface area contributed by atoms with E-state index in [0.29, 0.717) is 11.3 Å². The van der Waals surface area contributed by atoms with Gasteiger partial charge in [-0.05, 0) is 25.0 Å². The molecule has 1 N–H and O–H groups in total. The maximum Gasteiger partial charge on any atom is 0.335 e. The molecule has 0 unspecified atom stereocenters. The van der Waals surface area contributed by atoms with Crippen molar-refractivity contribution in [3.63, 3.8) is 0 Å². The van der Waals surface area contributed by atoms with E-state index < -0.39 is 5.97 Å². The third kappa shape index (κ3) is 10.0. The minimum atomic E-state index is -0.879. The van der Waals surface area contributed by atoms with Crippen LogP contribution < -0.4 is 0 Å². The van der Waals surface area contributed by atoms with E-state index in [0.717, 1.165) is 38.5 Å². The highest BCUT2D eigenvalue weighted by atomic mass is 16.4. The fourth-order valence-corrected chi connectivity index (χ4v) is 1.45. The molecule has 3 heteroatoms. The van der Waals surface area contributed by atoms with Gasteiger partial charge in [0.2, 0.25) is 0 Å². The molecule has 0 aromatic heterocycles. The van der Waals surface area contributed by atoms with Crippen molar-refractivity contribution >= 4 is 11.8 Å².